The lowest BCUT2D eigenvalue weighted by Gasteiger charge is -2.16. The average Bonchev–Trinajstić information content (AvgIpc) is 3.02. The molecule has 21 heavy (non-hydrogen) atoms. The minimum atomic E-state index is -1.23. The molecule has 2 aromatic rings. The molecular formula is C11H15N5O5. The zero-order valence-corrected chi connectivity index (χ0v) is 11.1. The van der Waals surface area contributed by atoms with Crippen molar-refractivity contribution in [3.8, 4) is 6.01 Å². The molecule has 10 heteroatoms. The highest BCUT2D eigenvalue weighted by Gasteiger charge is 2.44. The highest BCUT2D eigenvalue weighted by atomic mass is 16.6. The summed E-state index contributed by atoms with van der Waals surface area (Å²) in [6.07, 6.45) is -2.90. The summed E-state index contributed by atoms with van der Waals surface area (Å²) in [7, 11) is 1.40. The van der Waals surface area contributed by atoms with Crippen LogP contribution in [0.3, 0.4) is 0 Å². The van der Waals surface area contributed by atoms with Crippen LogP contribution >= 0.6 is 0 Å². The highest BCUT2D eigenvalue weighted by Crippen LogP contribution is 2.32. The van der Waals surface area contributed by atoms with Gasteiger partial charge in [-0.2, -0.15) is 9.97 Å². The molecule has 0 bridgehead atoms. The molecule has 5 N–H and O–H groups in total. The summed E-state index contributed by atoms with van der Waals surface area (Å²) in [6.45, 7) is -0.415. The zero-order chi connectivity index (χ0) is 15.1. The monoisotopic (exact) mass is 297 g/mol. The maximum absolute atomic E-state index is 10.0. The number of aliphatic hydroxyl groups is 3. The van der Waals surface area contributed by atoms with Gasteiger partial charge < -0.3 is 30.5 Å². The van der Waals surface area contributed by atoms with Gasteiger partial charge >= 0.3 is 6.01 Å². The van der Waals surface area contributed by atoms with Gasteiger partial charge in [0.05, 0.1) is 20.0 Å². The molecule has 0 radical (unpaired) electrons. The number of imidazole rings is 1. The lowest BCUT2D eigenvalue weighted by Crippen LogP contribution is -2.33. The van der Waals surface area contributed by atoms with Gasteiger partial charge in [0.25, 0.3) is 0 Å². The van der Waals surface area contributed by atoms with E-state index in [1.165, 1.54) is 18.0 Å². The molecule has 0 amide bonds. The summed E-state index contributed by atoms with van der Waals surface area (Å²) in [4.78, 5) is 12.1. The maximum Gasteiger partial charge on any atom is 0.320 e. The Hall–Kier alpha value is -2.01. The number of fused-ring (bicyclic) bond motifs is 1. The molecule has 3 heterocycles. The van der Waals surface area contributed by atoms with Crippen LogP contribution in [0.15, 0.2) is 6.33 Å². The van der Waals surface area contributed by atoms with Gasteiger partial charge in [-0.25, -0.2) is 4.98 Å². The molecule has 0 aromatic carbocycles. The van der Waals surface area contributed by atoms with Crippen molar-refractivity contribution in [2.45, 2.75) is 24.5 Å². The molecule has 0 spiro atoms. The van der Waals surface area contributed by atoms with E-state index in [1.807, 2.05) is 0 Å². The Balaban J connectivity index is 2.07. The highest BCUT2D eigenvalue weighted by molar-refractivity contribution is 5.82. The molecule has 2 aromatic heterocycles. The van der Waals surface area contributed by atoms with Crippen molar-refractivity contribution >= 4 is 17.0 Å². The van der Waals surface area contributed by atoms with Crippen LogP contribution in [0.1, 0.15) is 6.23 Å². The first kappa shape index (κ1) is 13.9. The van der Waals surface area contributed by atoms with Gasteiger partial charge in [-0.15, -0.1) is 0 Å². The van der Waals surface area contributed by atoms with E-state index in [-0.39, 0.29) is 11.8 Å². The van der Waals surface area contributed by atoms with Gasteiger partial charge in [0.15, 0.2) is 23.2 Å². The van der Waals surface area contributed by atoms with Crippen molar-refractivity contribution in [1.29, 1.82) is 0 Å². The van der Waals surface area contributed by atoms with Crippen molar-refractivity contribution in [1.82, 2.24) is 19.5 Å². The maximum atomic E-state index is 10.0. The number of hydrogen-bond acceptors (Lipinski definition) is 9. The first-order valence-corrected chi connectivity index (χ1v) is 6.23. The second-order valence-electron chi connectivity index (χ2n) is 4.65. The Morgan fingerprint density at radius 2 is 2.14 bits per heavy atom. The lowest BCUT2D eigenvalue weighted by atomic mass is 10.1. The predicted molar refractivity (Wildman–Crippen MR) is 69.3 cm³/mol. The van der Waals surface area contributed by atoms with Crippen LogP contribution < -0.4 is 10.5 Å². The molecule has 1 aliphatic rings. The fraction of sp³-hybridized carbons (Fsp3) is 0.545. The molecule has 114 valence electrons. The van der Waals surface area contributed by atoms with Crippen LogP contribution in [0.4, 0.5) is 5.82 Å². The quantitative estimate of drug-likeness (QED) is 0.506. The largest absolute Gasteiger partial charge is 0.467 e. The number of nitrogens with zero attached hydrogens (tertiary/aromatic N) is 4. The summed E-state index contributed by atoms with van der Waals surface area (Å²) in [6, 6.07) is 0.0495. The van der Waals surface area contributed by atoms with E-state index in [2.05, 4.69) is 15.0 Å². The number of aromatic nitrogens is 4. The van der Waals surface area contributed by atoms with Crippen LogP contribution in [0, 0.1) is 0 Å². The molecular weight excluding hydrogens is 282 g/mol. The van der Waals surface area contributed by atoms with Crippen molar-refractivity contribution < 1.29 is 24.8 Å². The Labute approximate surface area is 118 Å². The van der Waals surface area contributed by atoms with Crippen molar-refractivity contribution in [2.75, 3.05) is 19.5 Å². The number of nitrogen functional groups attached to an aromatic ring is 1. The second-order valence-corrected chi connectivity index (χ2v) is 4.65. The molecule has 4 atom stereocenters. The Morgan fingerprint density at radius 3 is 2.76 bits per heavy atom. The van der Waals surface area contributed by atoms with Crippen molar-refractivity contribution in [3.63, 3.8) is 0 Å². The van der Waals surface area contributed by atoms with E-state index in [0.717, 1.165) is 0 Å². The van der Waals surface area contributed by atoms with Crippen molar-refractivity contribution in [3.05, 3.63) is 6.33 Å². The fourth-order valence-corrected chi connectivity index (χ4v) is 2.30. The van der Waals surface area contributed by atoms with Gasteiger partial charge in [0, 0.05) is 0 Å². The first-order valence-electron chi connectivity index (χ1n) is 6.23. The molecule has 3 rings (SSSR count). The number of nitrogens with two attached hydrogens (primary N) is 1. The number of methoxy groups -OCH3 is 1. The zero-order valence-electron chi connectivity index (χ0n) is 11.1. The summed E-state index contributed by atoms with van der Waals surface area (Å²) < 4.78 is 11.8. The molecule has 1 unspecified atom stereocenters. The molecule has 1 saturated heterocycles. The SMILES string of the molecule is COc1nc(N)c2ncn([C@@H]3O[C@H](CO)[C@@H](O)C3O)c2n1. The number of aliphatic hydroxyl groups excluding tert-OH is 3. The molecule has 10 nitrogen and oxygen atoms in total. The van der Waals surface area contributed by atoms with Crippen LogP contribution in [0.2, 0.25) is 0 Å². The van der Waals surface area contributed by atoms with E-state index >= 15 is 0 Å². The Morgan fingerprint density at radius 1 is 1.38 bits per heavy atom. The van der Waals surface area contributed by atoms with E-state index in [4.69, 9.17) is 20.3 Å². The van der Waals surface area contributed by atoms with Crippen LogP contribution in [-0.4, -0.2) is 66.9 Å². The smallest absolute Gasteiger partial charge is 0.320 e. The standard InChI is InChI=1S/C11H15N5O5/c1-20-11-14-8(12)5-9(15-11)16(3-13-5)10-7(19)6(18)4(2-17)21-10/h3-4,6-7,10,17-19H,2H2,1H3,(H2,12,14,15)/t4-,6-,7?,10-/m1/s1. The fourth-order valence-electron chi connectivity index (χ4n) is 2.30. The number of hydrogen-bond donors (Lipinski definition) is 4. The van der Waals surface area contributed by atoms with Crippen LogP contribution in [0.5, 0.6) is 6.01 Å². The second kappa shape index (κ2) is 5.07. The molecule has 1 fully saturated rings. The van der Waals surface area contributed by atoms with Gasteiger partial charge in [-0.3, -0.25) is 4.57 Å². The summed E-state index contributed by atoms with van der Waals surface area (Å²) in [5.41, 5.74) is 6.39. The van der Waals surface area contributed by atoms with Crippen LogP contribution in [0.25, 0.3) is 11.2 Å². The third kappa shape index (κ3) is 2.08. The van der Waals surface area contributed by atoms with Gasteiger partial charge in [-0.05, 0) is 0 Å². The summed E-state index contributed by atoms with van der Waals surface area (Å²) in [5, 5.41) is 29.0. The summed E-state index contributed by atoms with van der Waals surface area (Å²) >= 11 is 0. The van der Waals surface area contributed by atoms with Gasteiger partial charge in [0.1, 0.15) is 18.3 Å². The number of ether oxygens (including phenoxy) is 2. The number of anilines is 1. The van der Waals surface area contributed by atoms with E-state index in [0.29, 0.717) is 11.2 Å². The normalized spacial score (nSPS) is 29.1. The Kier molecular flexibility index (Phi) is 3.37. The first-order chi connectivity index (χ1) is 10.1. The topological polar surface area (TPSA) is 149 Å². The third-order valence-corrected chi connectivity index (χ3v) is 3.40. The van der Waals surface area contributed by atoms with Gasteiger partial charge in [-0.1, -0.05) is 0 Å². The van der Waals surface area contributed by atoms with E-state index < -0.39 is 31.1 Å². The summed E-state index contributed by atoms with van der Waals surface area (Å²) in [5.74, 6) is 0.127. The van der Waals surface area contributed by atoms with E-state index in [1.54, 1.807) is 0 Å². The molecule has 1 aliphatic heterocycles. The molecule has 0 aliphatic carbocycles. The lowest BCUT2D eigenvalue weighted by molar-refractivity contribution is -0.0511. The average molecular weight is 297 g/mol. The minimum Gasteiger partial charge on any atom is -0.467 e. The van der Waals surface area contributed by atoms with Crippen molar-refractivity contribution in [2.24, 2.45) is 0 Å². The van der Waals surface area contributed by atoms with E-state index in [9.17, 15) is 10.2 Å². The number of rotatable bonds is 3. The minimum absolute atomic E-state index is 0.0495. The van der Waals surface area contributed by atoms with Gasteiger partial charge in [0.2, 0.25) is 0 Å². The molecule has 0 saturated carbocycles. The third-order valence-electron chi connectivity index (χ3n) is 3.40. The van der Waals surface area contributed by atoms with Crippen LogP contribution in [-0.2, 0) is 4.74 Å². The predicted octanol–water partition coefficient (Wildman–Crippen LogP) is -1.97. The Bertz CT molecular complexity index is 662.